The molecule has 2 aromatic carbocycles. The summed E-state index contributed by atoms with van der Waals surface area (Å²) in [6.07, 6.45) is 2.00. The zero-order valence-corrected chi connectivity index (χ0v) is 14.5. The number of rotatable bonds is 9. The predicted octanol–water partition coefficient (Wildman–Crippen LogP) is 3.50. The third-order valence-electron chi connectivity index (χ3n) is 4.00. The first-order valence-electron chi connectivity index (χ1n) is 8.19. The molecule has 0 aliphatic heterocycles. The number of ether oxygens (including phenoxy) is 2. The first-order chi connectivity index (χ1) is 11.7. The summed E-state index contributed by atoms with van der Waals surface area (Å²) in [7, 11) is 3.15. The van der Waals surface area contributed by atoms with E-state index in [-0.39, 0.29) is 11.8 Å². The first-order valence-corrected chi connectivity index (χ1v) is 8.19. The summed E-state index contributed by atoms with van der Waals surface area (Å²) in [6, 6.07) is 15.4. The molecule has 0 heterocycles. The molecular formula is C20H25NO3. The van der Waals surface area contributed by atoms with Gasteiger partial charge >= 0.3 is 0 Å². The fraction of sp³-hybridized carbons (Fsp3) is 0.350. The Morgan fingerprint density at radius 3 is 2.42 bits per heavy atom. The second-order valence-electron chi connectivity index (χ2n) is 5.70. The van der Waals surface area contributed by atoms with Gasteiger partial charge in [0, 0.05) is 5.56 Å². The first kappa shape index (κ1) is 18.0. The van der Waals surface area contributed by atoms with Crippen molar-refractivity contribution in [3.05, 3.63) is 59.7 Å². The number of Topliss-reactive ketones (excluding diaryl/α,β-unsaturated/α-hetero) is 1. The number of carbonyl (C=O) groups excluding carboxylic acids is 1. The Hall–Kier alpha value is -2.33. The zero-order valence-electron chi connectivity index (χ0n) is 14.5. The van der Waals surface area contributed by atoms with Gasteiger partial charge in [-0.2, -0.15) is 0 Å². The number of benzene rings is 2. The van der Waals surface area contributed by atoms with Gasteiger partial charge in [-0.05, 0) is 50.1 Å². The van der Waals surface area contributed by atoms with Gasteiger partial charge in [0.2, 0.25) is 0 Å². The second-order valence-corrected chi connectivity index (χ2v) is 5.70. The number of nitrogens with one attached hydrogen (secondary N) is 1. The van der Waals surface area contributed by atoms with E-state index >= 15 is 0 Å². The van der Waals surface area contributed by atoms with E-state index < -0.39 is 0 Å². The van der Waals surface area contributed by atoms with Crippen LogP contribution >= 0.6 is 0 Å². The lowest BCUT2D eigenvalue weighted by Gasteiger charge is -2.14. The molecule has 0 saturated carbocycles. The van der Waals surface area contributed by atoms with Crippen LogP contribution in [0.25, 0.3) is 0 Å². The van der Waals surface area contributed by atoms with Crippen LogP contribution in [-0.2, 0) is 6.42 Å². The van der Waals surface area contributed by atoms with Crippen molar-refractivity contribution in [2.24, 2.45) is 0 Å². The molecule has 2 aromatic rings. The number of methoxy groups -OCH3 is 2. The Balaban J connectivity index is 1.85. The van der Waals surface area contributed by atoms with Crippen molar-refractivity contribution in [2.75, 3.05) is 20.8 Å². The van der Waals surface area contributed by atoms with Gasteiger partial charge in [-0.25, -0.2) is 0 Å². The minimum Gasteiger partial charge on any atom is -0.493 e. The minimum atomic E-state index is -0.237. The summed E-state index contributed by atoms with van der Waals surface area (Å²) < 4.78 is 10.5. The van der Waals surface area contributed by atoms with E-state index in [9.17, 15) is 4.79 Å². The highest BCUT2D eigenvalue weighted by Gasteiger charge is 2.16. The molecular weight excluding hydrogens is 302 g/mol. The van der Waals surface area contributed by atoms with Crippen molar-refractivity contribution in [2.45, 2.75) is 25.8 Å². The van der Waals surface area contributed by atoms with E-state index in [0.29, 0.717) is 17.1 Å². The Labute approximate surface area is 143 Å². The lowest BCUT2D eigenvalue weighted by molar-refractivity contribution is 0.0950. The van der Waals surface area contributed by atoms with E-state index in [1.54, 1.807) is 32.4 Å². The van der Waals surface area contributed by atoms with Crippen molar-refractivity contribution in [3.63, 3.8) is 0 Å². The molecule has 0 amide bonds. The third-order valence-corrected chi connectivity index (χ3v) is 4.00. The molecule has 0 aliphatic carbocycles. The third kappa shape index (κ3) is 4.83. The van der Waals surface area contributed by atoms with E-state index in [1.165, 1.54) is 5.56 Å². The molecule has 0 bridgehead atoms. The maximum absolute atomic E-state index is 12.5. The van der Waals surface area contributed by atoms with Crippen LogP contribution in [0.3, 0.4) is 0 Å². The molecule has 0 fully saturated rings. The summed E-state index contributed by atoms with van der Waals surface area (Å²) in [5, 5.41) is 3.30. The van der Waals surface area contributed by atoms with Crippen molar-refractivity contribution in [1.29, 1.82) is 0 Å². The molecule has 0 saturated heterocycles. The van der Waals surface area contributed by atoms with E-state index in [2.05, 4.69) is 17.4 Å². The van der Waals surface area contributed by atoms with Crippen LogP contribution in [-0.4, -0.2) is 32.6 Å². The summed E-state index contributed by atoms with van der Waals surface area (Å²) in [5.41, 5.74) is 1.94. The van der Waals surface area contributed by atoms with Crippen LogP contribution in [0.4, 0.5) is 0 Å². The number of aryl methyl sites for hydroxylation is 1. The molecule has 1 atom stereocenters. The second kappa shape index (κ2) is 9.08. The van der Waals surface area contributed by atoms with Crippen molar-refractivity contribution < 1.29 is 14.3 Å². The molecule has 0 radical (unpaired) electrons. The van der Waals surface area contributed by atoms with Crippen LogP contribution in [0, 0.1) is 0 Å². The Bertz CT molecular complexity index is 655. The largest absolute Gasteiger partial charge is 0.493 e. The molecule has 2 rings (SSSR count). The van der Waals surface area contributed by atoms with E-state index in [4.69, 9.17) is 9.47 Å². The number of hydrogen-bond donors (Lipinski definition) is 1. The maximum atomic E-state index is 12.5. The van der Waals surface area contributed by atoms with Crippen molar-refractivity contribution >= 4 is 5.78 Å². The normalized spacial score (nSPS) is 11.8. The van der Waals surface area contributed by atoms with Crippen LogP contribution in [0.1, 0.15) is 29.3 Å². The number of ketones is 1. The molecule has 4 nitrogen and oxygen atoms in total. The van der Waals surface area contributed by atoms with Gasteiger partial charge in [0.15, 0.2) is 17.3 Å². The molecule has 4 heteroatoms. The minimum absolute atomic E-state index is 0.0515. The Kier molecular flexibility index (Phi) is 6.82. The van der Waals surface area contributed by atoms with Crippen LogP contribution in [0.15, 0.2) is 48.5 Å². The van der Waals surface area contributed by atoms with Gasteiger partial charge in [0.25, 0.3) is 0 Å². The lowest BCUT2D eigenvalue weighted by Crippen LogP contribution is -2.34. The molecule has 1 N–H and O–H groups in total. The lowest BCUT2D eigenvalue weighted by atomic mass is 10.0. The van der Waals surface area contributed by atoms with Crippen molar-refractivity contribution in [1.82, 2.24) is 5.32 Å². The monoisotopic (exact) mass is 327 g/mol. The highest BCUT2D eigenvalue weighted by Crippen LogP contribution is 2.27. The highest BCUT2D eigenvalue weighted by atomic mass is 16.5. The fourth-order valence-corrected chi connectivity index (χ4v) is 2.59. The van der Waals surface area contributed by atoms with Crippen molar-refractivity contribution in [3.8, 4) is 11.5 Å². The smallest absolute Gasteiger partial charge is 0.179 e. The molecule has 0 aliphatic rings. The van der Waals surface area contributed by atoms with Gasteiger partial charge in [0.05, 0.1) is 20.3 Å². The highest BCUT2D eigenvalue weighted by molar-refractivity contribution is 6.00. The van der Waals surface area contributed by atoms with Crippen LogP contribution in [0.2, 0.25) is 0 Å². The van der Waals surface area contributed by atoms with Crippen LogP contribution < -0.4 is 14.8 Å². The van der Waals surface area contributed by atoms with E-state index in [1.807, 2.05) is 25.1 Å². The Morgan fingerprint density at radius 2 is 1.75 bits per heavy atom. The Morgan fingerprint density at radius 1 is 1.04 bits per heavy atom. The van der Waals surface area contributed by atoms with Gasteiger partial charge < -0.3 is 14.8 Å². The van der Waals surface area contributed by atoms with Crippen LogP contribution in [0.5, 0.6) is 11.5 Å². The molecule has 0 spiro atoms. The topological polar surface area (TPSA) is 47.6 Å². The molecule has 24 heavy (non-hydrogen) atoms. The number of carbonyl (C=O) groups is 1. The average molecular weight is 327 g/mol. The predicted molar refractivity (Wildman–Crippen MR) is 96.1 cm³/mol. The summed E-state index contributed by atoms with van der Waals surface area (Å²) in [4.78, 5) is 12.5. The van der Waals surface area contributed by atoms with E-state index in [0.717, 1.165) is 19.4 Å². The standard InChI is InChI=1S/C20H25NO3/c1-15(21-13-7-10-16-8-5-4-6-9-16)20(22)17-11-12-18(23-2)19(14-17)24-3/h4-6,8-9,11-12,14-15,21H,7,10,13H2,1-3H3. The SMILES string of the molecule is COc1ccc(C(=O)C(C)NCCCc2ccccc2)cc1OC. The van der Waals surface area contributed by atoms with Gasteiger partial charge in [-0.1, -0.05) is 30.3 Å². The summed E-state index contributed by atoms with van der Waals surface area (Å²) in [5.74, 6) is 1.24. The summed E-state index contributed by atoms with van der Waals surface area (Å²) >= 11 is 0. The molecule has 128 valence electrons. The summed E-state index contributed by atoms with van der Waals surface area (Å²) in [6.45, 7) is 2.69. The van der Waals surface area contributed by atoms with Gasteiger partial charge in [-0.15, -0.1) is 0 Å². The zero-order chi connectivity index (χ0) is 17.4. The molecule has 1 unspecified atom stereocenters. The van der Waals surface area contributed by atoms with Gasteiger partial charge in [-0.3, -0.25) is 4.79 Å². The van der Waals surface area contributed by atoms with Gasteiger partial charge in [0.1, 0.15) is 0 Å². The maximum Gasteiger partial charge on any atom is 0.179 e. The number of hydrogen-bond acceptors (Lipinski definition) is 4. The quantitative estimate of drug-likeness (QED) is 0.566. The fourth-order valence-electron chi connectivity index (χ4n) is 2.59. The average Bonchev–Trinajstić information content (AvgIpc) is 2.64. The molecule has 0 aromatic heterocycles.